The van der Waals surface area contributed by atoms with E-state index in [1.54, 1.807) is 4.90 Å². The number of fused-ring (bicyclic) bond motifs is 1. The number of carbonyl (C=O) groups is 1. The standard InChI is InChI=1S/C24H22BrClN2O3S/c1-17-13-19-14-20(25)7-12-23(19)28(17)24(29)16-27(15-18-5-3-2-4-6-18)32(30,31)22-10-8-21(26)9-11-22/h2-12,14,17H,13,15-16H2,1H3/t17-/m1/s1. The fraction of sp³-hybridized carbons (Fsp3) is 0.208. The molecule has 0 N–H and O–H groups in total. The summed E-state index contributed by atoms with van der Waals surface area (Å²) in [6.07, 6.45) is 0.725. The van der Waals surface area contributed by atoms with Crippen molar-refractivity contribution in [1.29, 1.82) is 0 Å². The van der Waals surface area contributed by atoms with Gasteiger partial charge in [-0.25, -0.2) is 8.42 Å². The Hall–Kier alpha value is -2.19. The molecule has 0 unspecified atom stereocenters. The van der Waals surface area contributed by atoms with Crippen LogP contribution in [0.4, 0.5) is 5.69 Å². The zero-order chi connectivity index (χ0) is 22.9. The van der Waals surface area contributed by atoms with Crippen LogP contribution >= 0.6 is 27.5 Å². The van der Waals surface area contributed by atoms with E-state index in [4.69, 9.17) is 11.6 Å². The number of halogens is 2. The highest BCUT2D eigenvalue weighted by molar-refractivity contribution is 9.10. The summed E-state index contributed by atoms with van der Waals surface area (Å²) in [5.41, 5.74) is 2.70. The molecule has 0 aliphatic carbocycles. The summed E-state index contributed by atoms with van der Waals surface area (Å²) < 4.78 is 29.1. The van der Waals surface area contributed by atoms with Crippen LogP contribution in [0, 0.1) is 0 Å². The predicted molar refractivity (Wildman–Crippen MR) is 130 cm³/mol. The van der Waals surface area contributed by atoms with Crippen molar-refractivity contribution in [3.8, 4) is 0 Å². The quantitative estimate of drug-likeness (QED) is 0.434. The molecule has 1 atom stereocenters. The molecule has 0 bridgehead atoms. The van der Waals surface area contributed by atoms with Crippen molar-refractivity contribution >= 4 is 49.1 Å². The number of amides is 1. The minimum absolute atomic E-state index is 0.0522. The van der Waals surface area contributed by atoms with Crippen LogP contribution in [-0.4, -0.2) is 31.2 Å². The summed E-state index contributed by atoms with van der Waals surface area (Å²) >= 11 is 9.42. The first-order chi connectivity index (χ1) is 15.3. The fourth-order valence-corrected chi connectivity index (χ4v) is 5.89. The molecule has 1 aliphatic rings. The highest BCUT2D eigenvalue weighted by Crippen LogP contribution is 2.34. The maximum Gasteiger partial charge on any atom is 0.243 e. The first-order valence-corrected chi connectivity index (χ1v) is 12.8. The monoisotopic (exact) mass is 532 g/mol. The number of hydrogen-bond donors (Lipinski definition) is 0. The molecule has 3 aromatic carbocycles. The number of sulfonamides is 1. The molecule has 0 saturated heterocycles. The zero-order valence-corrected chi connectivity index (χ0v) is 20.6. The van der Waals surface area contributed by atoms with Gasteiger partial charge in [0, 0.05) is 27.8 Å². The summed E-state index contributed by atoms with van der Waals surface area (Å²) in [5, 5.41) is 0.447. The number of anilines is 1. The van der Waals surface area contributed by atoms with Gasteiger partial charge in [0.2, 0.25) is 15.9 Å². The van der Waals surface area contributed by atoms with Crippen molar-refractivity contribution in [3.05, 3.63) is 93.4 Å². The molecule has 1 heterocycles. The van der Waals surface area contributed by atoms with Gasteiger partial charge in [0.05, 0.1) is 11.4 Å². The lowest BCUT2D eigenvalue weighted by Gasteiger charge is -2.27. The van der Waals surface area contributed by atoms with Crippen LogP contribution in [0.25, 0.3) is 0 Å². The second-order valence-corrected chi connectivity index (χ2v) is 11.1. The lowest BCUT2D eigenvalue weighted by molar-refractivity contribution is -0.119. The van der Waals surface area contributed by atoms with E-state index < -0.39 is 10.0 Å². The van der Waals surface area contributed by atoms with Crippen molar-refractivity contribution in [3.63, 3.8) is 0 Å². The predicted octanol–water partition coefficient (Wildman–Crippen LogP) is 5.27. The van der Waals surface area contributed by atoms with Gasteiger partial charge in [-0.1, -0.05) is 57.9 Å². The number of hydrogen-bond acceptors (Lipinski definition) is 3. The molecule has 166 valence electrons. The Morgan fingerprint density at radius 3 is 2.47 bits per heavy atom. The molecule has 0 saturated carbocycles. The van der Waals surface area contributed by atoms with Crippen LogP contribution in [0.1, 0.15) is 18.1 Å². The first kappa shape index (κ1) is 23.0. The van der Waals surface area contributed by atoms with Gasteiger partial charge in [-0.2, -0.15) is 4.31 Å². The maximum absolute atomic E-state index is 13.5. The molecule has 3 aromatic rings. The van der Waals surface area contributed by atoms with Crippen molar-refractivity contribution in [1.82, 2.24) is 4.31 Å². The molecule has 1 amide bonds. The molecular weight excluding hydrogens is 512 g/mol. The lowest BCUT2D eigenvalue weighted by Crippen LogP contribution is -2.44. The number of nitrogens with zero attached hydrogens (tertiary/aromatic N) is 2. The van der Waals surface area contributed by atoms with E-state index >= 15 is 0 Å². The van der Waals surface area contributed by atoms with E-state index in [2.05, 4.69) is 15.9 Å². The topological polar surface area (TPSA) is 57.7 Å². The van der Waals surface area contributed by atoms with Gasteiger partial charge >= 0.3 is 0 Å². The summed E-state index contributed by atoms with van der Waals surface area (Å²) in [5.74, 6) is -0.257. The number of rotatable bonds is 6. The molecule has 5 nitrogen and oxygen atoms in total. The second-order valence-electron chi connectivity index (χ2n) is 7.80. The molecule has 4 rings (SSSR count). The average Bonchev–Trinajstić information content (AvgIpc) is 3.09. The lowest BCUT2D eigenvalue weighted by atomic mass is 10.1. The minimum Gasteiger partial charge on any atom is -0.308 e. The van der Waals surface area contributed by atoms with Crippen LogP contribution in [0.5, 0.6) is 0 Å². The van der Waals surface area contributed by atoms with E-state index in [1.165, 1.54) is 28.6 Å². The number of benzene rings is 3. The van der Waals surface area contributed by atoms with Crippen molar-refractivity contribution in [2.24, 2.45) is 0 Å². The molecule has 8 heteroatoms. The first-order valence-electron chi connectivity index (χ1n) is 10.2. The van der Waals surface area contributed by atoms with Crippen LogP contribution in [0.15, 0.2) is 82.2 Å². The molecule has 0 radical (unpaired) electrons. The third-order valence-electron chi connectivity index (χ3n) is 5.49. The smallest absolute Gasteiger partial charge is 0.243 e. The minimum atomic E-state index is -3.92. The molecule has 0 aromatic heterocycles. The molecular formula is C24H22BrClN2O3S. The van der Waals surface area contributed by atoms with Crippen LogP contribution < -0.4 is 4.90 Å². The van der Waals surface area contributed by atoms with Gasteiger partial charge in [-0.3, -0.25) is 4.79 Å². The Bertz CT molecular complexity index is 1230. The number of carbonyl (C=O) groups excluding carboxylic acids is 1. The molecule has 0 fully saturated rings. The zero-order valence-electron chi connectivity index (χ0n) is 17.4. The second kappa shape index (κ2) is 9.35. The highest BCUT2D eigenvalue weighted by Gasteiger charge is 2.34. The average molecular weight is 534 g/mol. The summed E-state index contributed by atoms with van der Waals surface area (Å²) in [7, 11) is -3.92. The van der Waals surface area contributed by atoms with Gasteiger partial charge in [-0.15, -0.1) is 0 Å². The van der Waals surface area contributed by atoms with Crippen LogP contribution in [0.2, 0.25) is 5.02 Å². The van der Waals surface area contributed by atoms with Gasteiger partial charge in [0.15, 0.2) is 0 Å². The van der Waals surface area contributed by atoms with E-state index in [9.17, 15) is 13.2 Å². The summed E-state index contributed by atoms with van der Waals surface area (Å²) in [6, 6.07) is 21.0. The SMILES string of the molecule is C[C@@H]1Cc2cc(Br)ccc2N1C(=O)CN(Cc1ccccc1)S(=O)(=O)c1ccc(Cl)cc1. The Morgan fingerprint density at radius 1 is 1.09 bits per heavy atom. The third kappa shape index (κ3) is 4.76. The Balaban J connectivity index is 1.66. The van der Waals surface area contributed by atoms with Gasteiger partial charge < -0.3 is 4.90 Å². The molecule has 1 aliphatic heterocycles. The molecule has 0 spiro atoms. The third-order valence-corrected chi connectivity index (χ3v) is 8.04. The van der Waals surface area contributed by atoms with Crippen molar-refractivity contribution < 1.29 is 13.2 Å². The molecule has 32 heavy (non-hydrogen) atoms. The highest BCUT2D eigenvalue weighted by atomic mass is 79.9. The van der Waals surface area contributed by atoms with Gasteiger partial charge in [0.1, 0.15) is 0 Å². The fourth-order valence-electron chi connectivity index (χ4n) is 3.98. The Labute approximate surface area is 201 Å². The Morgan fingerprint density at radius 2 is 1.78 bits per heavy atom. The van der Waals surface area contributed by atoms with Crippen molar-refractivity contribution in [2.45, 2.75) is 30.8 Å². The van der Waals surface area contributed by atoms with Gasteiger partial charge in [0.25, 0.3) is 0 Å². The van der Waals surface area contributed by atoms with E-state index in [1.807, 2.05) is 55.5 Å². The van der Waals surface area contributed by atoms with Gasteiger partial charge in [-0.05, 0) is 66.9 Å². The maximum atomic E-state index is 13.5. The van der Waals surface area contributed by atoms with E-state index in [0.29, 0.717) is 5.02 Å². The largest absolute Gasteiger partial charge is 0.308 e. The van der Waals surface area contributed by atoms with Crippen LogP contribution in [-0.2, 0) is 27.8 Å². The van der Waals surface area contributed by atoms with Crippen molar-refractivity contribution in [2.75, 3.05) is 11.4 Å². The van der Waals surface area contributed by atoms with E-state index in [-0.39, 0.29) is 29.9 Å². The summed E-state index contributed by atoms with van der Waals surface area (Å²) in [4.78, 5) is 15.2. The normalized spacial score (nSPS) is 15.8. The summed E-state index contributed by atoms with van der Waals surface area (Å²) in [6.45, 7) is 1.80. The van der Waals surface area contributed by atoms with E-state index in [0.717, 1.165) is 27.7 Å². The Kier molecular flexibility index (Phi) is 6.72. The van der Waals surface area contributed by atoms with Crippen LogP contribution in [0.3, 0.4) is 0 Å².